The van der Waals surface area contributed by atoms with Crippen LogP contribution in [0.1, 0.15) is 20.1 Å². The molecule has 5 heteroatoms. The van der Waals surface area contributed by atoms with Crippen LogP contribution in [0.2, 0.25) is 0 Å². The van der Waals surface area contributed by atoms with Crippen LogP contribution in [0.3, 0.4) is 0 Å². The number of amides is 1. The van der Waals surface area contributed by atoms with E-state index in [1.165, 1.54) is 17.4 Å². The van der Waals surface area contributed by atoms with E-state index in [4.69, 9.17) is 5.11 Å². The monoisotopic (exact) mass is 289 g/mol. The number of aryl methyl sites for hydroxylation is 1. The van der Waals surface area contributed by atoms with Crippen molar-refractivity contribution < 1.29 is 14.3 Å². The van der Waals surface area contributed by atoms with Crippen LogP contribution in [0, 0.1) is 24.6 Å². The maximum atomic E-state index is 13.6. The van der Waals surface area contributed by atoms with E-state index in [0.29, 0.717) is 15.3 Å². The molecule has 0 saturated heterocycles. The normalized spacial score (nSPS) is 9.75. The van der Waals surface area contributed by atoms with Gasteiger partial charge in [0.25, 0.3) is 5.91 Å². The Morgan fingerprint density at radius 1 is 1.40 bits per heavy atom. The molecule has 0 radical (unpaired) electrons. The number of thiophene rings is 1. The summed E-state index contributed by atoms with van der Waals surface area (Å²) in [7, 11) is 0. The van der Waals surface area contributed by atoms with Crippen LogP contribution in [0.25, 0.3) is 0 Å². The fourth-order valence-electron chi connectivity index (χ4n) is 1.62. The van der Waals surface area contributed by atoms with Crippen LogP contribution in [-0.2, 0) is 0 Å². The fraction of sp³-hybridized carbons (Fsp3) is 0.133. The lowest BCUT2D eigenvalue weighted by Crippen LogP contribution is -2.12. The quantitative estimate of drug-likeness (QED) is 0.835. The van der Waals surface area contributed by atoms with E-state index in [-0.39, 0.29) is 18.2 Å². The molecular formula is C15H12FNO2S. The zero-order valence-corrected chi connectivity index (χ0v) is 11.6. The van der Waals surface area contributed by atoms with E-state index in [2.05, 4.69) is 17.2 Å². The van der Waals surface area contributed by atoms with Gasteiger partial charge in [-0.15, -0.1) is 11.3 Å². The van der Waals surface area contributed by atoms with Gasteiger partial charge in [-0.3, -0.25) is 4.79 Å². The molecule has 1 aromatic carbocycles. The summed E-state index contributed by atoms with van der Waals surface area (Å²) in [5.74, 6) is 4.39. The zero-order valence-electron chi connectivity index (χ0n) is 10.7. The minimum absolute atomic E-state index is 0.189. The number of aliphatic hydroxyl groups is 1. The molecule has 0 spiro atoms. The predicted molar refractivity (Wildman–Crippen MR) is 77.4 cm³/mol. The standard InChI is InChI=1S/C15H12FNO2S/c1-10-4-2-6-12(16)14(10)17-15(19)13-8-7-11(20-13)5-3-9-18/h2,4,6-8,18H,9H2,1H3,(H,17,19). The molecule has 20 heavy (non-hydrogen) atoms. The highest BCUT2D eigenvalue weighted by atomic mass is 32.1. The number of anilines is 1. The Labute approximate surface area is 120 Å². The molecule has 0 bridgehead atoms. The Morgan fingerprint density at radius 3 is 2.90 bits per heavy atom. The number of benzene rings is 1. The number of halogens is 1. The van der Waals surface area contributed by atoms with E-state index < -0.39 is 5.82 Å². The van der Waals surface area contributed by atoms with Crippen LogP contribution in [-0.4, -0.2) is 17.6 Å². The Bertz CT molecular complexity index is 677. The first-order chi connectivity index (χ1) is 9.61. The highest BCUT2D eigenvalue weighted by molar-refractivity contribution is 7.14. The van der Waals surface area contributed by atoms with Gasteiger partial charge in [0.15, 0.2) is 0 Å². The minimum atomic E-state index is -0.463. The van der Waals surface area contributed by atoms with Crippen LogP contribution in [0.15, 0.2) is 30.3 Å². The summed E-state index contributed by atoms with van der Waals surface area (Å²) in [5, 5.41) is 11.2. The molecule has 0 aliphatic rings. The van der Waals surface area contributed by atoms with Crippen LogP contribution < -0.4 is 5.32 Å². The molecule has 2 rings (SSSR count). The molecular weight excluding hydrogens is 277 g/mol. The van der Waals surface area contributed by atoms with Crippen LogP contribution in [0.4, 0.5) is 10.1 Å². The van der Waals surface area contributed by atoms with Crippen molar-refractivity contribution in [2.24, 2.45) is 0 Å². The maximum Gasteiger partial charge on any atom is 0.265 e. The third-order valence-corrected chi connectivity index (χ3v) is 3.58. The lowest BCUT2D eigenvalue weighted by molar-refractivity contribution is 0.103. The van der Waals surface area contributed by atoms with E-state index in [9.17, 15) is 9.18 Å². The van der Waals surface area contributed by atoms with Gasteiger partial charge in [-0.2, -0.15) is 0 Å². The molecule has 1 aromatic heterocycles. The van der Waals surface area contributed by atoms with E-state index in [1.54, 1.807) is 31.2 Å². The van der Waals surface area contributed by atoms with Gasteiger partial charge in [0.2, 0.25) is 0 Å². The summed E-state index contributed by atoms with van der Waals surface area (Å²) in [6, 6.07) is 7.93. The summed E-state index contributed by atoms with van der Waals surface area (Å²) in [4.78, 5) is 13.2. The van der Waals surface area contributed by atoms with Crippen LogP contribution in [0.5, 0.6) is 0 Å². The van der Waals surface area contributed by atoms with E-state index in [0.717, 1.165) is 0 Å². The predicted octanol–water partition coefficient (Wildman–Crippen LogP) is 2.79. The van der Waals surface area contributed by atoms with Gasteiger partial charge in [0.05, 0.1) is 15.4 Å². The fourth-order valence-corrected chi connectivity index (χ4v) is 2.40. The average molecular weight is 289 g/mol. The first-order valence-corrected chi connectivity index (χ1v) is 6.69. The Kier molecular flexibility index (Phi) is 4.51. The van der Waals surface area contributed by atoms with E-state index in [1.807, 2.05) is 0 Å². The molecule has 102 valence electrons. The smallest absolute Gasteiger partial charge is 0.265 e. The van der Waals surface area contributed by atoms with Crippen molar-refractivity contribution in [2.45, 2.75) is 6.92 Å². The van der Waals surface area contributed by atoms with Gasteiger partial charge >= 0.3 is 0 Å². The number of carbonyl (C=O) groups excluding carboxylic acids is 1. The largest absolute Gasteiger partial charge is 0.384 e. The van der Waals surface area contributed by atoms with Crippen molar-refractivity contribution >= 4 is 22.9 Å². The lowest BCUT2D eigenvalue weighted by Gasteiger charge is -2.07. The second-order valence-electron chi connectivity index (χ2n) is 4.01. The first kappa shape index (κ1) is 14.3. The third-order valence-electron chi connectivity index (χ3n) is 2.58. The molecule has 1 heterocycles. The van der Waals surface area contributed by atoms with Gasteiger partial charge in [-0.05, 0) is 30.7 Å². The number of hydrogen-bond acceptors (Lipinski definition) is 3. The van der Waals surface area contributed by atoms with Crippen molar-refractivity contribution in [2.75, 3.05) is 11.9 Å². The Hall–Kier alpha value is -2.16. The topological polar surface area (TPSA) is 49.3 Å². The number of para-hydroxylation sites is 1. The molecule has 0 atom stereocenters. The summed E-state index contributed by atoms with van der Waals surface area (Å²) in [6.07, 6.45) is 0. The van der Waals surface area contributed by atoms with Crippen LogP contribution >= 0.6 is 11.3 Å². The summed E-state index contributed by atoms with van der Waals surface area (Å²) in [6.45, 7) is 1.50. The Morgan fingerprint density at radius 2 is 2.20 bits per heavy atom. The number of nitrogens with one attached hydrogen (secondary N) is 1. The highest BCUT2D eigenvalue weighted by Crippen LogP contribution is 2.22. The molecule has 2 N–H and O–H groups in total. The van der Waals surface area contributed by atoms with Gasteiger partial charge in [-0.25, -0.2) is 4.39 Å². The summed E-state index contributed by atoms with van der Waals surface area (Å²) in [5.41, 5.74) is 0.851. The molecule has 0 aliphatic heterocycles. The van der Waals surface area contributed by atoms with E-state index >= 15 is 0 Å². The molecule has 0 aliphatic carbocycles. The van der Waals surface area contributed by atoms with Crippen molar-refractivity contribution in [1.82, 2.24) is 0 Å². The lowest BCUT2D eigenvalue weighted by atomic mass is 10.2. The molecule has 0 fully saturated rings. The maximum absolute atomic E-state index is 13.6. The minimum Gasteiger partial charge on any atom is -0.384 e. The number of hydrogen-bond donors (Lipinski definition) is 2. The number of rotatable bonds is 2. The molecule has 0 saturated carbocycles. The van der Waals surface area contributed by atoms with Gasteiger partial charge in [-0.1, -0.05) is 24.0 Å². The average Bonchev–Trinajstić information content (AvgIpc) is 2.89. The highest BCUT2D eigenvalue weighted by Gasteiger charge is 2.13. The zero-order chi connectivity index (χ0) is 14.5. The first-order valence-electron chi connectivity index (χ1n) is 5.88. The molecule has 3 nitrogen and oxygen atoms in total. The third kappa shape index (κ3) is 3.23. The number of carbonyl (C=O) groups is 1. The summed E-state index contributed by atoms with van der Waals surface area (Å²) < 4.78 is 13.6. The summed E-state index contributed by atoms with van der Waals surface area (Å²) >= 11 is 1.19. The number of aliphatic hydroxyl groups excluding tert-OH is 1. The second-order valence-corrected chi connectivity index (χ2v) is 5.09. The SMILES string of the molecule is Cc1cccc(F)c1NC(=O)c1ccc(C#CCO)s1. The molecule has 2 aromatic rings. The van der Waals surface area contributed by atoms with Gasteiger partial charge in [0, 0.05) is 0 Å². The van der Waals surface area contributed by atoms with Crippen molar-refractivity contribution in [3.8, 4) is 11.8 Å². The second kappa shape index (κ2) is 6.33. The van der Waals surface area contributed by atoms with Crippen molar-refractivity contribution in [3.05, 3.63) is 51.5 Å². The van der Waals surface area contributed by atoms with Crippen molar-refractivity contribution in [3.63, 3.8) is 0 Å². The van der Waals surface area contributed by atoms with Crippen molar-refractivity contribution in [1.29, 1.82) is 0 Å². The molecule has 1 amide bonds. The van der Waals surface area contributed by atoms with Gasteiger partial charge in [0.1, 0.15) is 12.4 Å². The molecule has 0 unspecified atom stereocenters. The van der Waals surface area contributed by atoms with Gasteiger partial charge < -0.3 is 10.4 Å². The Balaban J connectivity index is 2.18.